The van der Waals surface area contributed by atoms with Crippen molar-refractivity contribution in [1.29, 1.82) is 0 Å². The molecule has 0 fully saturated rings. The number of amides is 3. The Morgan fingerprint density at radius 3 is 2.24 bits per heavy atom. The van der Waals surface area contributed by atoms with Crippen LogP contribution in [0.4, 0.5) is 0 Å². The van der Waals surface area contributed by atoms with Gasteiger partial charge in [0.1, 0.15) is 12.6 Å². The van der Waals surface area contributed by atoms with Crippen molar-refractivity contribution in [2.45, 2.75) is 110 Å². The zero-order chi connectivity index (χ0) is 31.0. The van der Waals surface area contributed by atoms with Crippen molar-refractivity contribution in [2.24, 2.45) is 11.8 Å². The van der Waals surface area contributed by atoms with Crippen LogP contribution >= 0.6 is 0 Å². The summed E-state index contributed by atoms with van der Waals surface area (Å²) in [5.41, 5.74) is -2.37. The molecular weight excluding hydrogens is 526 g/mol. The first-order chi connectivity index (χ1) is 19.3. The molecule has 41 heavy (non-hydrogen) atoms. The number of hydrogen-bond donors (Lipinski definition) is 3. The van der Waals surface area contributed by atoms with Gasteiger partial charge in [0.25, 0.3) is 5.91 Å². The van der Waals surface area contributed by atoms with Gasteiger partial charge in [0.05, 0.1) is 12.5 Å². The molecule has 0 bridgehead atoms. The van der Waals surface area contributed by atoms with Crippen molar-refractivity contribution in [3.05, 3.63) is 24.4 Å². The molecule has 0 aromatic carbocycles. The number of nitrogens with one attached hydrogen (secondary N) is 2. The van der Waals surface area contributed by atoms with E-state index in [0.717, 1.165) is 43.1 Å². The van der Waals surface area contributed by atoms with Crippen LogP contribution in [0.2, 0.25) is 0 Å². The average molecular weight is 578 g/mol. The molecule has 0 saturated heterocycles. The van der Waals surface area contributed by atoms with Gasteiger partial charge in [-0.2, -0.15) is 0 Å². The Balaban J connectivity index is 2.84. The van der Waals surface area contributed by atoms with Gasteiger partial charge in [-0.15, -0.1) is 0 Å². The molecule has 0 spiro atoms. The summed E-state index contributed by atoms with van der Waals surface area (Å²) in [6, 6.07) is 0. The van der Waals surface area contributed by atoms with Crippen LogP contribution in [0.3, 0.4) is 0 Å². The number of allylic oxidation sites excluding steroid dienone is 1. The summed E-state index contributed by atoms with van der Waals surface area (Å²) in [4.78, 5) is 64.3. The fraction of sp³-hybridized carbons (Fsp3) is 0.710. The molecule has 10 heteroatoms. The Bertz CT molecular complexity index is 944. The van der Waals surface area contributed by atoms with Crippen molar-refractivity contribution in [3.63, 3.8) is 0 Å². The number of cyclic esters (lactones) is 1. The number of carbonyl (C=O) groups is 5. The second kappa shape index (κ2) is 18.4. The van der Waals surface area contributed by atoms with Crippen LogP contribution in [0.15, 0.2) is 24.4 Å². The Labute approximate surface area is 245 Å². The van der Waals surface area contributed by atoms with E-state index >= 15 is 0 Å². The lowest BCUT2D eigenvalue weighted by Crippen LogP contribution is -2.55. The van der Waals surface area contributed by atoms with Gasteiger partial charge in [-0.25, -0.2) is 0 Å². The molecule has 1 aliphatic heterocycles. The summed E-state index contributed by atoms with van der Waals surface area (Å²) in [5, 5.41) is 15.4. The van der Waals surface area contributed by atoms with Gasteiger partial charge in [0.2, 0.25) is 11.8 Å². The smallest absolute Gasteiger partial charge is 0.325 e. The minimum absolute atomic E-state index is 0.0797. The zero-order valence-electron chi connectivity index (χ0n) is 25.6. The number of unbranched alkanes of at least 4 members (excludes halogenated alkanes) is 7. The molecule has 1 heterocycles. The molecule has 1 unspecified atom stereocenters. The van der Waals surface area contributed by atoms with Gasteiger partial charge in [0.15, 0.2) is 11.4 Å². The zero-order valence-corrected chi connectivity index (χ0v) is 25.6. The third-order valence-corrected chi connectivity index (χ3v) is 7.69. The first-order valence-corrected chi connectivity index (χ1v) is 15.0. The Morgan fingerprint density at radius 2 is 1.63 bits per heavy atom. The van der Waals surface area contributed by atoms with E-state index in [9.17, 15) is 29.1 Å². The maximum Gasteiger partial charge on any atom is 0.325 e. The number of nitrogens with zero attached hydrogens (tertiary/aromatic N) is 1. The monoisotopic (exact) mass is 577 g/mol. The summed E-state index contributed by atoms with van der Waals surface area (Å²) in [7, 11) is 1.42. The van der Waals surface area contributed by atoms with Crippen molar-refractivity contribution < 1.29 is 33.8 Å². The summed E-state index contributed by atoms with van der Waals surface area (Å²) in [6.45, 7) is 9.81. The van der Waals surface area contributed by atoms with E-state index in [1.54, 1.807) is 0 Å². The summed E-state index contributed by atoms with van der Waals surface area (Å²) < 4.78 is 5.64. The van der Waals surface area contributed by atoms with Crippen molar-refractivity contribution in [1.82, 2.24) is 15.5 Å². The van der Waals surface area contributed by atoms with Gasteiger partial charge < -0.3 is 25.4 Å². The molecule has 1 rings (SSSR count). The SMILES string of the molecule is C=C1C=CC(=O)N(C)CC(=O)O[C@@H](CCCCCCCCCCC(C)CC)[C@H](C)C(=O)[C@](C)(O)C(=O)NCC(=O)N1. The quantitative estimate of drug-likeness (QED) is 0.183. The fourth-order valence-corrected chi connectivity index (χ4v) is 4.61. The molecular formula is C31H51N3O7. The highest BCUT2D eigenvalue weighted by molar-refractivity contribution is 6.10. The highest BCUT2D eigenvalue weighted by Gasteiger charge is 2.44. The van der Waals surface area contributed by atoms with E-state index in [1.807, 2.05) is 0 Å². The van der Waals surface area contributed by atoms with Crippen LogP contribution < -0.4 is 10.6 Å². The van der Waals surface area contributed by atoms with Gasteiger partial charge in [-0.3, -0.25) is 24.0 Å². The summed E-state index contributed by atoms with van der Waals surface area (Å²) in [6.07, 6.45) is 13.0. The number of esters is 1. The Hall–Kier alpha value is -3.01. The standard InChI is InChI=1S/C31H51N3O7/c1-7-22(2)16-14-12-10-8-9-11-13-15-17-25-24(4)29(38)31(5,40)30(39)32-20-26(35)33-23(3)18-19-27(36)34(6)21-28(37)41-25/h18-19,22,24-25,40H,3,7-17,20-21H2,1-2,4-6H3,(H,32,39)(H,33,35)/t22?,24-,25-,31-/m0/s1. The third-order valence-electron chi connectivity index (χ3n) is 7.69. The number of ketones is 1. The maximum absolute atomic E-state index is 13.2. The van der Waals surface area contributed by atoms with Crippen molar-refractivity contribution in [2.75, 3.05) is 20.1 Å². The van der Waals surface area contributed by atoms with Crippen LogP contribution in [0.5, 0.6) is 0 Å². The minimum atomic E-state index is -2.45. The van der Waals surface area contributed by atoms with Crippen molar-refractivity contribution in [3.8, 4) is 0 Å². The first-order valence-electron chi connectivity index (χ1n) is 15.0. The highest BCUT2D eigenvalue weighted by atomic mass is 16.5. The Morgan fingerprint density at radius 1 is 1.05 bits per heavy atom. The van der Waals surface area contributed by atoms with E-state index in [1.165, 1.54) is 58.6 Å². The van der Waals surface area contributed by atoms with Crippen LogP contribution in [-0.4, -0.2) is 71.3 Å². The number of Topliss-reactive ketones (excluding diaryl/α,β-unsaturated/α-hetero) is 1. The summed E-state index contributed by atoms with van der Waals surface area (Å²) in [5.74, 6) is -3.97. The van der Waals surface area contributed by atoms with Crippen LogP contribution in [-0.2, 0) is 28.7 Å². The first kappa shape index (κ1) is 36.0. The topological polar surface area (TPSA) is 142 Å². The molecule has 1 aliphatic rings. The number of ether oxygens (including phenoxy) is 1. The van der Waals surface area contributed by atoms with Gasteiger partial charge in [0, 0.05) is 18.8 Å². The third kappa shape index (κ3) is 13.5. The van der Waals surface area contributed by atoms with Crippen LogP contribution in [0, 0.1) is 11.8 Å². The maximum atomic E-state index is 13.2. The lowest BCUT2D eigenvalue weighted by molar-refractivity contribution is -0.162. The molecule has 10 nitrogen and oxygen atoms in total. The molecule has 3 N–H and O–H groups in total. The number of aliphatic hydroxyl groups is 1. The van der Waals surface area contributed by atoms with E-state index < -0.39 is 53.6 Å². The van der Waals surface area contributed by atoms with E-state index in [0.29, 0.717) is 12.8 Å². The lowest BCUT2D eigenvalue weighted by Gasteiger charge is -2.29. The molecule has 0 aromatic rings. The molecule has 4 atom stereocenters. The Kier molecular flexibility index (Phi) is 16.2. The lowest BCUT2D eigenvalue weighted by atomic mass is 9.85. The van der Waals surface area contributed by atoms with E-state index in [-0.39, 0.29) is 12.2 Å². The van der Waals surface area contributed by atoms with E-state index in [2.05, 4.69) is 31.1 Å². The van der Waals surface area contributed by atoms with Crippen LogP contribution in [0.25, 0.3) is 0 Å². The molecule has 3 amide bonds. The summed E-state index contributed by atoms with van der Waals surface area (Å²) >= 11 is 0. The largest absolute Gasteiger partial charge is 0.460 e. The van der Waals surface area contributed by atoms with E-state index in [4.69, 9.17) is 4.74 Å². The average Bonchev–Trinajstić information content (AvgIpc) is 2.93. The highest BCUT2D eigenvalue weighted by Crippen LogP contribution is 2.23. The van der Waals surface area contributed by atoms with Gasteiger partial charge in [-0.05, 0) is 31.8 Å². The number of carbonyl (C=O) groups excluding carboxylic acids is 5. The number of hydrogen-bond acceptors (Lipinski definition) is 7. The molecule has 0 saturated carbocycles. The predicted molar refractivity (Wildman–Crippen MR) is 157 cm³/mol. The molecule has 232 valence electrons. The van der Waals surface area contributed by atoms with Crippen LogP contribution in [0.1, 0.15) is 98.3 Å². The predicted octanol–water partition coefficient (Wildman–Crippen LogP) is 3.58. The molecule has 0 radical (unpaired) electrons. The number of rotatable bonds is 12. The molecule has 0 aliphatic carbocycles. The second-order valence-electron chi connectivity index (χ2n) is 11.5. The number of likely N-dealkylation sites (N-methyl/N-ethyl adjacent to an activating group) is 1. The van der Waals surface area contributed by atoms with Gasteiger partial charge in [-0.1, -0.05) is 85.1 Å². The molecule has 0 aromatic heterocycles. The second-order valence-corrected chi connectivity index (χ2v) is 11.5. The van der Waals surface area contributed by atoms with Gasteiger partial charge >= 0.3 is 5.97 Å². The minimum Gasteiger partial charge on any atom is -0.460 e. The normalized spacial score (nSPS) is 24.5. The van der Waals surface area contributed by atoms with Crippen molar-refractivity contribution >= 4 is 29.5 Å². The fourth-order valence-electron chi connectivity index (χ4n) is 4.61.